The van der Waals surface area contributed by atoms with Crippen molar-refractivity contribution in [3.05, 3.63) is 17.7 Å². The van der Waals surface area contributed by atoms with Crippen LogP contribution in [0.1, 0.15) is 11.7 Å². The second-order valence-electron chi connectivity index (χ2n) is 3.10. The Hall–Kier alpha value is -1.42. The van der Waals surface area contributed by atoms with Gasteiger partial charge in [0, 0.05) is 0 Å². The second kappa shape index (κ2) is 3.38. The third-order valence-corrected chi connectivity index (χ3v) is 2.19. The van der Waals surface area contributed by atoms with Gasteiger partial charge >= 0.3 is 0 Å². The van der Waals surface area contributed by atoms with Crippen LogP contribution in [0, 0.1) is 0 Å². The van der Waals surface area contributed by atoms with Gasteiger partial charge in [0.2, 0.25) is 5.75 Å². The van der Waals surface area contributed by atoms with Gasteiger partial charge in [-0.25, -0.2) is 0 Å². The first-order chi connectivity index (χ1) is 6.76. The maximum atomic E-state index is 9.62. The number of phenols is 1. The van der Waals surface area contributed by atoms with Crippen molar-refractivity contribution in [3.8, 4) is 17.2 Å². The molecular formula is C10H12O4. The minimum atomic E-state index is 0.0809. The lowest BCUT2D eigenvalue weighted by Crippen LogP contribution is -1.93. The molecule has 1 fully saturated rings. The van der Waals surface area contributed by atoms with Gasteiger partial charge in [-0.15, -0.1) is 0 Å². The summed E-state index contributed by atoms with van der Waals surface area (Å²) in [5.41, 5.74) is 0.917. The van der Waals surface area contributed by atoms with E-state index < -0.39 is 0 Å². The largest absolute Gasteiger partial charge is 0.504 e. The maximum Gasteiger partial charge on any atom is 0.203 e. The zero-order valence-electron chi connectivity index (χ0n) is 8.11. The zero-order valence-corrected chi connectivity index (χ0v) is 8.11. The Labute approximate surface area is 82.0 Å². The number of hydrogen-bond donors (Lipinski definition) is 1. The van der Waals surface area contributed by atoms with Gasteiger partial charge in [-0.3, -0.25) is 0 Å². The summed E-state index contributed by atoms with van der Waals surface area (Å²) in [6.07, 6.45) is 0.0979. The molecule has 1 unspecified atom stereocenters. The van der Waals surface area contributed by atoms with Crippen LogP contribution in [0.3, 0.4) is 0 Å². The first-order valence-electron chi connectivity index (χ1n) is 4.32. The molecule has 0 amide bonds. The van der Waals surface area contributed by atoms with Crippen molar-refractivity contribution in [2.24, 2.45) is 0 Å². The molecule has 0 saturated carbocycles. The van der Waals surface area contributed by atoms with Crippen molar-refractivity contribution in [1.29, 1.82) is 0 Å². The highest BCUT2D eigenvalue weighted by molar-refractivity contribution is 5.53. The molecule has 14 heavy (non-hydrogen) atoms. The Balaban J connectivity index is 2.43. The van der Waals surface area contributed by atoms with Gasteiger partial charge in [-0.1, -0.05) is 0 Å². The minimum Gasteiger partial charge on any atom is -0.504 e. The van der Waals surface area contributed by atoms with E-state index in [1.165, 1.54) is 14.2 Å². The van der Waals surface area contributed by atoms with E-state index in [4.69, 9.17) is 14.2 Å². The third-order valence-electron chi connectivity index (χ3n) is 2.19. The number of methoxy groups -OCH3 is 2. The van der Waals surface area contributed by atoms with Gasteiger partial charge in [0.15, 0.2) is 11.5 Å². The van der Waals surface area contributed by atoms with E-state index in [1.807, 2.05) is 6.07 Å². The molecule has 1 saturated heterocycles. The molecule has 1 aliphatic heterocycles. The molecule has 1 N–H and O–H groups in total. The van der Waals surface area contributed by atoms with Gasteiger partial charge in [0.1, 0.15) is 6.10 Å². The Morgan fingerprint density at radius 1 is 1.36 bits per heavy atom. The van der Waals surface area contributed by atoms with Gasteiger partial charge in [0.25, 0.3) is 0 Å². The Morgan fingerprint density at radius 2 is 2.07 bits per heavy atom. The average molecular weight is 196 g/mol. The SMILES string of the molecule is COc1cc(C2CO2)cc(O)c1OC. The van der Waals surface area contributed by atoms with Gasteiger partial charge in [-0.05, 0) is 17.7 Å². The minimum absolute atomic E-state index is 0.0809. The predicted octanol–water partition coefficient (Wildman–Crippen LogP) is 1.48. The first-order valence-corrected chi connectivity index (χ1v) is 4.32. The average Bonchev–Trinajstić information content (AvgIpc) is 2.99. The Morgan fingerprint density at radius 3 is 2.57 bits per heavy atom. The summed E-state index contributed by atoms with van der Waals surface area (Å²) in [6, 6.07) is 3.45. The molecule has 1 aromatic rings. The van der Waals surface area contributed by atoms with Crippen molar-refractivity contribution in [3.63, 3.8) is 0 Å². The van der Waals surface area contributed by atoms with Crippen LogP contribution in [0.25, 0.3) is 0 Å². The van der Waals surface area contributed by atoms with E-state index in [9.17, 15) is 5.11 Å². The van der Waals surface area contributed by atoms with Gasteiger partial charge in [-0.2, -0.15) is 0 Å². The van der Waals surface area contributed by atoms with Crippen LogP contribution in [0.4, 0.5) is 0 Å². The van der Waals surface area contributed by atoms with E-state index in [0.29, 0.717) is 18.1 Å². The molecule has 4 heteroatoms. The molecule has 1 atom stereocenters. The summed E-state index contributed by atoms with van der Waals surface area (Å²) in [6.45, 7) is 0.703. The fraction of sp³-hybridized carbons (Fsp3) is 0.400. The molecule has 2 rings (SSSR count). The smallest absolute Gasteiger partial charge is 0.203 e. The number of epoxide rings is 1. The summed E-state index contributed by atoms with van der Waals surface area (Å²) in [5.74, 6) is 0.965. The Kier molecular flexibility index (Phi) is 2.21. The van der Waals surface area contributed by atoms with E-state index in [1.54, 1.807) is 6.07 Å². The molecule has 4 nitrogen and oxygen atoms in total. The molecule has 0 aliphatic carbocycles. The monoisotopic (exact) mass is 196 g/mol. The van der Waals surface area contributed by atoms with Crippen LogP contribution in [0.2, 0.25) is 0 Å². The van der Waals surface area contributed by atoms with E-state index in [-0.39, 0.29) is 11.9 Å². The fourth-order valence-corrected chi connectivity index (χ4v) is 1.39. The van der Waals surface area contributed by atoms with Crippen molar-refractivity contribution in [2.45, 2.75) is 6.10 Å². The predicted molar refractivity (Wildman–Crippen MR) is 49.9 cm³/mol. The number of ether oxygens (including phenoxy) is 3. The van der Waals surface area contributed by atoms with E-state index >= 15 is 0 Å². The first kappa shape index (κ1) is 9.15. The van der Waals surface area contributed by atoms with Crippen LogP contribution in [0.15, 0.2) is 12.1 Å². The lowest BCUT2D eigenvalue weighted by molar-refractivity contribution is 0.331. The van der Waals surface area contributed by atoms with Crippen LogP contribution in [-0.2, 0) is 4.74 Å². The molecule has 1 heterocycles. The molecule has 0 spiro atoms. The summed E-state index contributed by atoms with van der Waals surface area (Å²) in [4.78, 5) is 0. The maximum absolute atomic E-state index is 9.62. The molecule has 76 valence electrons. The van der Waals surface area contributed by atoms with E-state index in [0.717, 1.165) is 5.56 Å². The number of phenolic OH excluding ortho intramolecular Hbond substituents is 1. The summed E-state index contributed by atoms with van der Waals surface area (Å²) >= 11 is 0. The van der Waals surface area contributed by atoms with Gasteiger partial charge in [0.05, 0.1) is 20.8 Å². The molecule has 0 aromatic heterocycles. The molecule has 1 aromatic carbocycles. The molecule has 0 bridgehead atoms. The summed E-state index contributed by atoms with van der Waals surface area (Å²) in [5, 5.41) is 9.62. The Bertz CT molecular complexity index is 344. The highest BCUT2D eigenvalue weighted by Gasteiger charge is 2.27. The lowest BCUT2D eigenvalue weighted by atomic mass is 10.1. The van der Waals surface area contributed by atoms with Crippen LogP contribution in [0.5, 0.6) is 17.2 Å². The lowest BCUT2D eigenvalue weighted by Gasteiger charge is -2.10. The highest BCUT2D eigenvalue weighted by atomic mass is 16.6. The van der Waals surface area contributed by atoms with Crippen molar-refractivity contribution >= 4 is 0 Å². The number of aromatic hydroxyl groups is 1. The third kappa shape index (κ3) is 1.48. The van der Waals surface area contributed by atoms with Crippen LogP contribution >= 0.6 is 0 Å². The fourth-order valence-electron chi connectivity index (χ4n) is 1.39. The normalized spacial score (nSPS) is 19.1. The van der Waals surface area contributed by atoms with Crippen molar-refractivity contribution in [2.75, 3.05) is 20.8 Å². The zero-order chi connectivity index (χ0) is 10.1. The van der Waals surface area contributed by atoms with Crippen molar-refractivity contribution in [1.82, 2.24) is 0 Å². The van der Waals surface area contributed by atoms with Crippen LogP contribution < -0.4 is 9.47 Å². The van der Waals surface area contributed by atoms with Crippen molar-refractivity contribution < 1.29 is 19.3 Å². The number of rotatable bonds is 3. The highest BCUT2D eigenvalue weighted by Crippen LogP contribution is 2.42. The van der Waals surface area contributed by atoms with Gasteiger partial charge < -0.3 is 19.3 Å². The number of benzene rings is 1. The molecular weight excluding hydrogens is 184 g/mol. The summed E-state index contributed by atoms with van der Waals surface area (Å²) in [7, 11) is 3.03. The van der Waals surface area contributed by atoms with Crippen LogP contribution in [-0.4, -0.2) is 25.9 Å². The van der Waals surface area contributed by atoms with E-state index in [2.05, 4.69) is 0 Å². The molecule has 0 radical (unpaired) electrons. The number of hydrogen-bond acceptors (Lipinski definition) is 4. The topological polar surface area (TPSA) is 51.2 Å². The second-order valence-corrected chi connectivity index (χ2v) is 3.10. The molecule has 1 aliphatic rings. The standard InChI is InChI=1S/C10H12O4/c1-12-8-4-6(9-5-14-9)3-7(11)10(8)13-2/h3-4,9,11H,5H2,1-2H3. The summed E-state index contributed by atoms with van der Waals surface area (Å²) < 4.78 is 15.2. The quantitative estimate of drug-likeness (QED) is 0.744.